The van der Waals surface area contributed by atoms with Crippen molar-refractivity contribution >= 4 is 23.5 Å². The van der Waals surface area contributed by atoms with Crippen LogP contribution < -0.4 is 10.6 Å². The molecule has 0 bridgehead atoms. The minimum Gasteiger partial charge on any atom is -0.354 e. The number of nitrogens with one attached hydrogen (secondary N) is 2. The first-order valence-electron chi connectivity index (χ1n) is 8.75. The number of amides is 1. The Bertz CT molecular complexity index is 744. The third kappa shape index (κ3) is 5.16. The van der Waals surface area contributed by atoms with Gasteiger partial charge < -0.3 is 10.6 Å². The molecule has 0 spiro atoms. The zero-order chi connectivity index (χ0) is 17.6. The van der Waals surface area contributed by atoms with Crippen molar-refractivity contribution in [2.75, 3.05) is 11.9 Å². The number of carbonyl (C=O) groups is 1. The van der Waals surface area contributed by atoms with Gasteiger partial charge in [0.05, 0.1) is 0 Å². The molecule has 1 amide bonds. The molecular weight excluding hydrogens is 336 g/mol. The van der Waals surface area contributed by atoms with Crippen molar-refractivity contribution in [1.29, 1.82) is 0 Å². The third-order valence-electron chi connectivity index (χ3n) is 4.36. The SMILES string of the molecule is Cc1cc(C(=O)NC2CCCC2)nc(NCCc2cccc(Cl)c2)n1. The van der Waals surface area contributed by atoms with Crippen molar-refractivity contribution in [3.05, 3.63) is 52.3 Å². The summed E-state index contributed by atoms with van der Waals surface area (Å²) in [6.45, 7) is 2.55. The second kappa shape index (κ2) is 8.30. The van der Waals surface area contributed by atoms with Gasteiger partial charge in [-0.2, -0.15) is 0 Å². The molecule has 1 heterocycles. The van der Waals surface area contributed by atoms with E-state index in [1.165, 1.54) is 12.8 Å². The topological polar surface area (TPSA) is 66.9 Å². The highest BCUT2D eigenvalue weighted by molar-refractivity contribution is 6.30. The summed E-state index contributed by atoms with van der Waals surface area (Å²) in [6, 6.07) is 9.78. The van der Waals surface area contributed by atoms with Gasteiger partial charge in [-0.25, -0.2) is 9.97 Å². The Balaban J connectivity index is 1.59. The van der Waals surface area contributed by atoms with Crippen molar-refractivity contribution in [1.82, 2.24) is 15.3 Å². The molecular formula is C19H23ClN4O. The van der Waals surface area contributed by atoms with Gasteiger partial charge in [0.2, 0.25) is 5.95 Å². The first-order valence-corrected chi connectivity index (χ1v) is 9.13. The summed E-state index contributed by atoms with van der Waals surface area (Å²) in [4.78, 5) is 21.1. The van der Waals surface area contributed by atoms with Gasteiger partial charge in [-0.15, -0.1) is 0 Å². The van der Waals surface area contributed by atoms with E-state index in [2.05, 4.69) is 20.6 Å². The Morgan fingerprint density at radius 1 is 1.24 bits per heavy atom. The average Bonchev–Trinajstić information content (AvgIpc) is 3.07. The van der Waals surface area contributed by atoms with E-state index >= 15 is 0 Å². The number of aromatic nitrogens is 2. The van der Waals surface area contributed by atoms with Crippen LogP contribution in [0.1, 0.15) is 47.4 Å². The number of carbonyl (C=O) groups excluding carboxylic acids is 1. The monoisotopic (exact) mass is 358 g/mol. The van der Waals surface area contributed by atoms with Crippen molar-refractivity contribution < 1.29 is 4.79 Å². The highest BCUT2D eigenvalue weighted by Gasteiger charge is 2.19. The summed E-state index contributed by atoms with van der Waals surface area (Å²) in [7, 11) is 0. The lowest BCUT2D eigenvalue weighted by molar-refractivity contribution is 0.0932. The van der Waals surface area contributed by atoms with Crippen LogP contribution in [0.3, 0.4) is 0 Å². The van der Waals surface area contributed by atoms with Crippen LogP contribution in [0.15, 0.2) is 30.3 Å². The second-order valence-corrected chi connectivity index (χ2v) is 6.92. The lowest BCUT2D eigenvalue weighted by atomic mass is 10.1. The zero-order valence-corrected chi connectivity index (χ0v) is 15.1. The van der Waals surface area contributed by atoms with Gasteiger partial charge in [0.15, 0.2) is 0 Å². The lowest BCUT2D eigenvalue weighted by Gasteiger charge is -2.12. The molecule has 2 N–H and O–H groups in total. The van der Waals surface area contributed by atoms with E-state index in [0.29, 0.717) is 18.2 Å². The molecule has 3 rings (SSSR count). The standard InChI is InChI=1S/C19H23ClN4O/c1-13-11-17(18(25)23-16-7-2-3-8-16)24-19(22-13)21-10-9-14-5-4-6-15(20)12-14/h4-6,11-12,16H,2-3,7-10H2,1H3,(H,23,25)(H,21,22,24). The summed E-state index contributed by atoms with van der Waals surface area (Å²) >= 11 is 6.00. The summed E-state index contributed by atoms with van der Waals surface area (Å²) < 4.78 is 0. The van der Waals surface area contributed by atoms with Gasteiger partial charge in [0.1, 0.15) is 5.69 Å². The maximum Gasteiger partial charge on any atom is 0.270 e. The quantitative estimate of drug-likeness (QED) is 0.825. The van der Waals surface area contributed by atoms with E-state index in [0.717, 1.165) is 35.5 Å². The first kappa shape index (κ1) is 17.7. The molecule has 1 aromatic carbocycles. The van der Waals surface area contributed by atoms with E-state index in [9.17, 15) is 4.79 Å². The Morgan fingerprint density at radius 3 is 2.80 bits per heavy atom. The number of nitrogens with zero attached hydrogens (tertiary/aromatic N) is 2. The van der Waals surface area contributed by atoms with Crippen LogP contribution in [-0.2, 0) is 6.42 Å². The molecule has 132 valence electrons. The Morgan fingerprint density at radius 2 is 2.04 bits per heavy atom. The molecule has 0 atom stereocenters. The molecule has 6 heteroatoms. The van der Waals surface area contributed by atoms with Gasteiger partial charge in [-0.05, 0) is 49.9 Å². The molecule has 1 fully saturated rings. The fourth-order valence-electron chi connectivity index (χ4n) is 3.10. The van der Waals surface area contributed by atoms with Crippen LogP contribution in [0.5, 0.6) is 0 Å². The summed E-state index contributed by atoms with van der Waals surface area (Å²) in [5.41, 5.74) is 2.34. The molecule has 1 saturated carbocycles. The summed E-state index contributed by atoms with van der Waals surface area (Å²) in [5, 5.41) is 6.99. The molecule has 5 nitrogen and oxygen atoms in total. The van der Waals surface area contributed by atoms with Gasteiger partial charge in [-0.1, -0.05) is 36.6 Å². The summed E-state index contributed by atoms with van der Waals surface area (Å²) in [6.07, 6.45) is 5.29. The van der Waals surface area contributed by atoms with E-state index in [1.54, 1.807) is 6.07 Å². The smallest absolute Gasteiger partial charge is 0.270 e. The van der Waals surface area contributed by atoms with Crippen LogP contribution in [0.25, 0.3) is 0 Å². The normalized spacial score (nSPS) is 14.5. The fourth-order valence-corrected chi connectivity index (χ4v) is 3.32. The molecule has 0 radical (unpaired) electrons. The first-order chi connectivity index (χ1) is 12.1. The van der Waals surface area contributed by atoms with Gasteiger partial charge in [-0.3, -0.25) is 4.79 Å². The summed E-state index contributed by atoms with van der Waals surface area (Å²) in [5.74, 6) is 0.369. The van der Waals surface area contributed by atoms with Crippen molar-refractivity contribution in [3.63, 3.8) is 0 Å². The predicted molar refractivity (Wildman–Crippen MR) is 100 cm³/mol. The number of hydrogen-bond donors (Lipinski definition) is 2. The maximum absolute atomic E-state index is 12.4. The highest BCUT2D eigenvalue weighted by Crippen LogP contribution is 2.18. The number of halogens is 1. The van der Waals surface area contributed by atoms with Crippen LogP contribution in [0.4, 0.5) is 5.95 Å². The molecule has 2 aromatic rings. The van der Waals surface area contributed by atoms with Crippen LogP contribution in [0.2, 0.25) is 5.02 Å². The van der Waals surface area contributed by atoms with E-state index in [-0.39, 0.29) is 11.9 Å². The fraction of sp³-hybridized carbons (Fsp3) is 0.421. The highest BCUT2D eigenvalue weighted by atomic mass is 35.5. The molecule has 1 aliphatic rings. The molecule has 1 aliphatic carbocycles. The minimum absolute atomic E-state index is 0.115. The van der Waals surface area contributed by atoms with E-state index in [4.69, 9.17) is 11.6 Å². The number of rotatable bonds is 6. The Hall–Kier alpha value is -2.14. The van der Waals surface area contributed by atoms with Gasteiger partial charge in [0.25, 0.3) is 5.91 Å². The Labute approximate surface area is 153 Å². The lowest BCUT2D eigenvalue weighted by Crippen LogP contribution is -2.33. The van der Waals surface area contributed by atoms with Gasteiger partial charge >= 0.3 is 0 Å². The second-order valence-electron chi connectivity index (χ2n) is 6.48. The number of aryl methyl sites for hydroxylation is 1. The minimum atomic E-state index is -0.115. The van der Waals surface area contributed by atoms with Crippen molar-refractivity contribution in [2.24, 2.45) is 0 Å². The predicted octanol–water partition coefficient (Wildman–Crippen LogP) is 3.77. The average molecular weight is 359 g/mol. The van der Waals surface area contributed by atoms with Crippen molar-refractivity contribution in [3.8, 4) is 0 Å². The molecule has 0 aliphatic heterocycles. The number of anilines is 1. The number of hydrogen-bond acceptors (Lipinski definition) is 4. The van der Waals surface area contributed by atoms with Gasteiger partial charge in [0, 0.05) is 23.3 Å². The zero-order valence-electron chi connectivity index (χ0n) is 14.4. The van der Waals surface area contributed by atoms with E-state index in [1.807, 2.05) is 31.2 Å². The van der Waals surface area contributed by atoms with Crippen LogP contribution in [0, 0.1) is 6.92 Å². The molecule has 0 unspecified atom stereocenters. The molecule has 25 heavy (non-hydrogen) atoms. The van der Waals surface area contributed by atoms with E-state index < -0.39 is 0 Å². The maximum atomic E-state index is 12.4. The van der Waals surface area contributed by atoms with Crippen molar-refractivity contribution in [2.45, 2.75) is 45.1 Å². The molecule has 1 aromatic heterocycles. The molecule has 0 saturated heterocycles. The third-order valence-corrected chi connectivity index (χ3v) is 4.60. The Kier molecular flexibility index (Phi) is 5.87. The number of benzene rings is 1. The van der Waals surface area contributed by atoms with Crippen LogP contribution >= 0.6 is 11.6 Å². The largest absolute Gasteiger partial charge is 0.354 e. The van der Waals surface area contributed by atoms with Crippen LogP contribution in [-0.4, -0.2) is 28.5 Å².